The van der Waals surface area contributed by atoms with Gasteiger partial charge in [-0.3, -0.25) is 4.79 Å². The summed E-state index contributed by atoms with van der Waals surface area (Å²) < 4.78 is 2.34. The van der Waals surface area contributed by atoms with E-state index >= 15 is 0 Å². The molecule has 2 aromatic heterocycles. The molecule has 0 aliphatic carbocycles. The molecule has 7 nitrogen and oxygen atoms in total. The summed E-state index contributed by atoms with van der Waals surface area (Å²) in [5, 5.41) is 10.2. The van der Waals surface area contributed by atoms with Crippen LogP contribution in [-0.2, 0) is 11.3 Å². The largest absolute Gasteiger partial charge is 0.369 e. The van der Waals surface area contributed by atoms with Crippen LogP contribution in [0.1, 0.15) is 19.8 Å². The number of piperidine rings is 1. The lowest BCUT2D eigenvalue weighted by Gasteiger charge is -2.30. The van der Waals surface area contributed by atoms with Gasteiger partial charge in [-0.05, 0) is 46.7 Å². The fourth-order valence-corrected chi connectivity index (χ4v) is 3.06. The summed E-state index contributed by atoms with van der Waals surface area (Å²) in [6.45, 7) is 3.67. The van der Waals surface area contributed by atoms with Crippen molar-refractivity contribution in [2.75, 3.05) is 13.1 Å². The molecule has 0 saturated carbocycles. The standard InChI is InChI=1S/C13H17N5O2S/c1-10-4-6-16(7-5-10)11(19)9-17-13(20)18(15-14-17)12-3-2-8-21-12/h2-3,8,10H,4-7,9H2,1H3. The molecule has 1 saturated heterocycles. The number of likely N-dealkylation sites (tertiary alicyclic amines) is 1. The summed E-state index contributed by atoms with van der Waals surface area (Å²) in [5.41, 5.74) is -0.379. The van der Waals surface area contributed by atoms with E-state index in [9.17, 15) is 9.59 Å². The van der Waals surface area contributed by atoms with Gasteiger partial charge in [0.15, 0.2) is 0 Å². The molecule has 1 aliphatic rings. The number of thiophene rings is 1. The van der Waals surface area contributed by atoms with Crippen molar-refractivity contribution in [1.29, 1.82) is 0 Å². The Morgan fingerprint density at radius 1 is 1.38 bits per heavy atom. The molecule has 0 radical (unpaired) electrons. The molecule has 0 unspecified atom stereocenters. The number of tetrazole rings is 1. The van der Waals surface area contributed by atoms with E-state index < -0.39 is 0 Å². The number of aromatic nitrogens is 4. The molecule has 0 aromatic carbocycles. The topological polar surface area (TPSA) is 73.0 Å². The fraction of sp³-hybridized carbons (Fsp3) is 0.538. The first-order chi connectivity index (χ1) is 10.1. The van der Waals surface area contributed by atoms with Gasteiger partial charge in [-0.25, -0.2) is 4.79 Å². The van der Waals surface area contributed by atoms with Gasteiger partial charge in [0.05, 0.1) is 0 Å². The van der Waals surface area contributed by atoms with Crippen LogP contribution in [0, 0.1) is 5.92 Å². The second kappa shape index (κ2) is 5.80. The third-order valence-corrected chi connectivity index (χ3v) is 4.62. The van der Waals surface area contributed by atoms with E-state index in [0.717, 1.165) is 30.6 Å². The van der Waals surface area contributed by atoms with Gasteiger partial charge >= 0.3 is 5.69 Å². The van der Waals surface area contributed by atoms with Crippen LogP contribution in [0.25, 0.3) is 5.00 Å². The smallest absolute Gasteiger partial charge is 0.341 e. The summed E-state index contributed by atoms with van der Waals surface area (Å²) in [7, 11) is 0. The molecule has 0 atom stereocenters. The highest BCUT2D eigenvalue weighted by molar-refractivity contribution is 7.12. The maximum Gasteiger partial charge on any atom is 0.369 e. The Hall–Kier alpha value is -1.96. The molecule has 1 amide bonds. The van der Waals surface area contributed by atoms with E-state index in [2.05, 4.69) is 17.4 Å². The Bertz CT molecular complexity index is 667. The molecule has 112 valence electrons. The molecule has 0 spiro atoms. The number of carbonyl (C=O) groups excluding carboxylic acids is 1. The van der Waals surface area contributed by atoms with E-state index in [-0.39, 0.29) is 18.1 Å². The molecule has 21 heavy (non-hydrogen) atoms. The van der Waals surface area contributed by atoms with E-state index in [0.29, 0.717) is 10.9 Å². The molecule has 3 rings (SSSR count). The summed E-state index contributed by atoms with van der Waals surface area (Å²) >= 11 is 1.40. The zero-order chi connectivity index (χ0) is 14.8. The molecular weight excluding hydrogens is 290 g/mol. The SMILES string of the molecule is CC1CCN(C(=O)Cn2nnn(-c3cccs3)c2=O)CC1. The molecular formula is C13H17N5O2S. The number of rotatable bonds is 3. The summed E-state index contributed by atoms with van der Waals surface area (Å²) in [6, 6.07) is 3.63. The second-order valence-electron chi connectivity index (χ2n) is 5.35. The monoisotopic (exact) mass is 307 g/mol. The van der Waals surface area contributed by atoms with Crippen molar-refractivity contribution in [2.24, 2.45) is 5.92 Å². The van der Waals surface area contributed by atoms with Gasteiger partial charge in [0.2, 0.25) is 5.91 Å². The summed E-state index contributed by atoms with van der Waals surface area (Å²) in [5.74, 6) is 0.596. The quantitative estimate of drug-likeness (QED) is 0.839. The number of carbonyl (C=O) groups is 1. The highest BCUT2D eigenvalue weighted by Gasteiger charge is 2.22. The molecule has 2 aromatic rings. The first-order valence-corrected chi connectivity index (χ1v) is 7.87. The van der Waals surface area contributed by atoms with Crippen LogP contribution in [0.4, 0.5) is 0 Å². The predicted molar refractivity (Wildman–Crippen MR) is 78.5 cm³/mol. The highest BCUT2D eigenvalue weighted by Crippen LogP contribution is 2.16. The lowest BCUT2D eigenvalue weighted by Crippen LogP contribution is -2.41. The Morgan fingerprint density at radius 2 is 2.14 bits per heavy atom. The van der Waals surface area contributed by atoms with Gasteiger partial charge in [-0.2, -0.15) is 9.36 Å². The second-order valence-corrected chi connectivity index (χ2v) is 6.27. The van der Waals surface area contributed by atoms with Gasteiger partial charge in [0.1, 0.15) is 11.5 Å². The third-order valence-electron chi connectivity index (χ3n) is 3.78. The molecule has 1 fully saturated rings. The van der Waals surface area contributed by atoms with Crippen LogP contribution in [0.5, 0.6) is 0 Å². The Morgan fingerprint density at radius 3 is 2.81 bits per heavy atom. The van der Waals surface area contributed by atoms with Crippen LogP contribution < -0.4 is 5.69 Å². The average molecular weight is 307 g/mol. The minimum absolute atomic E-state index is 0.0431. The maximum atomic E-state index is 12.2. The zero-order valence-corrected chi connectivity index (χ0v) is 12.6. The van der Waals surface area contributed by atoms with Crippen molar-refractivity contribution in [3.63, 3.8) is 0 Å². The van der Waals surface area contributed by atoms with Crippen molar-refractivity contribution in [1.82, 2.24) is 24.7 Å². The average Bonchev–Trinajstić information content (AvgIpc) is 3.10. The number of amides is 1. The normalized spacial score (nSPS) is 16.3. The molecule has 1 aliphatic heterocycles. The van der Waals surface area contributed by atoms with Crippen molar-refractivity contribution < 1.29 is 4.79 Å². The van der Waals surface area contributed by atoms with Crippen LogP contribution >= 0.6 is 11.3 Å². The van der Waals surface area contributed by atoms with E-state index in [1.165, 1.54) is 16.0 Å². The summed E-state index contributed by atoms with van der Waals surface area (Å²) in [6.07, 6.45) is 2.03. The maximum absolute atomic E-state index is 12.2. The summed E-state index contributed by atoms with van der Waals surface area (Å²) in [4.78, 5) is 26.2. The lowest BCUT2D eigenvalue weighted by molar-refractivity contribution is -0.133. The van der Waals surface area contributed by atoms with E-state index in [4.69, 9.17) is 0 Å². The van der Waals surface area contributed by atoms with Crippen LogP contribution in [0.3, 0.4) is 0 Å². The third kappa shape index (κ3) is 2.90. The number of nitrogens with zero attached hydrogens (tertiary/aromatic N) is 5. The number of hydrogen-bond donors (Lipinski definition) is 0. The first kappa shape index (κ1) is 14.0. The molecule has 8 heteroatoms. The Kier molecular flexibility index (Phi) is 3.87. The Labute approximate surface area is 125 Å². The van der Waals surface area contributed by atoms with Crippen molar-refractivity contribution >= 4 is 17.2 Å². The minimum Gasteiger partial charge on any atom is -0.341 e. The van der Waals surface area contributed by atoms with Gasteiger partial charge < -0.3 is 4.90 Å². The minimum atomic E-state index is -0.379. The molecule has 0 N–H and O–H groups in total. The molecule has 3 heterocycles. The van der Waals surface area contributed by atoms with Crippen LogP contribution in [-0.4, -0.2) is 43.7 Å². The van der Waals surface area contributed by atoms with Gasteiger partial charge in [-0.1, -0.05) is 6.92 Å². The highest BCUT2D eigenvalue weighted by atomic mass is 32.1. The fourth-order valence-electron chi connectivity index (χ4n) is 2.39. The van der Waals surface area contributed by atoms with Gasteiger partial charge in [-0.15, -0.1) is 11.3 Å². The first-order valence-electron chi connectivity index (χ1n) is 6.99. The Balaban J connectivity index is 1.71. The molecule has 0 bridgehead atoms. The van der Waals surface area contributed by atoms with Crippen molar-refractivity contribution in [2.45, 2.75) is 26.3 Å². The van der Waals surface area contributed by atoms with Crippen molar-refractivity contribution in [3.8, 4) is 5.00 Å². The van der Waals surface area contributed by atoms with E-state index in [1.54, 1.807) is 11.0 Å². The van der Waals surface area contributed by atoms with E-state index in [1.807, 2.05) is 11.4 Å². The number of hydrogen-bond acceptors (Lipinski definition) is 5. The van der Waals surface area contributed by atoms with Crippen molar-refractivity contribution in [3.05, 3.63) is 28.0 Å². The zero-order valence-electron chi connectivity index (χ0n) is 11.8. The van der Waals surface area contributed by atoms with Gasteiger partial charge in [0.25, 0.3) is 0 Å². The lowest BCUT2D eigenvalue weighted by atomic mass is 9.99. The predicted octanol–water partition coefficient (Wildman–Crippen LogP) is 0.749. The van der Waals surface area contributed by atoms with Crippen LogP contribution in [0.2, 0.25) is 0 Å². The van der Waals surface area contributed by atoms with Crippen LogP contribution in [0.15, 0.2) is 22.3 Å². The van der Waals surface area contributed by atoms with Gasteiger partial charge in [0, 0.05) is 13.1 Å².